The molecule has 0 aliphatic rings. The molecule has 3 heteroatoms. The minimum Gasteiger partial charge on any atom is -0.465 e. The predicted octanol–water partition coefficient (Wildman–Crippen LogP) is 1.85. The summed E-state index contributed by atoms with van der Waals surface area (Å²) in [5.74, 6) is -0.300. The van der Waals surface area contributed by atoms with Gasteiger partial charge < -0.3 is 11.7 Å². The van der Waals surface area contributed by atoms with E-state index < -0.39 is 0 Å². The third kappa shape index (κ3) is 3.27. The predicted molar refractivity (Wildman–Crippen MR) is 46.8 cm³/mol. The molecule has 0 heterocycles. The van der Waals surface area contributed by atoms with Gasteiger partial charge in [0.25, 0.3) is 0 Å². The van der Waals surface area contributed by atoms with Crippen LogP contribution in [-0.2, 0) is 30.6 Å². The molecule has 0 aliphatic heterocycles. The first kappa shape index (κ1) is 12.3. The molecule has 0 spiro atoms. The van der Waals surface area contributed by atoms with E-state index in [0.29, 0.717) is 5.56 Å². The van der Waals surface area contributed by atoms with Crippen LogP contribution in [-0.4, -0.2) is 13.1 Å². The van der Waals surface area contributed by atoms with E-state index in [1.165, 1.54) is 7.11 Å². The monoisotopic (exact) mass is 227 g/mol. The maximum absolute atomic E-state index is 11.0. The first-order valence-electron chi connectivity index (χ1n) is 3.74. The molecule has 13 heavy (non-hydrogen) atoms. The second-order valence-electron chi connectivity index (χ2n) is 2.44. The van der Waals surface area contributed by atoms with Gasteiger partial charge in [0, 0.05) is 0 Å². The van der Waals surface area contributed by atoms with Crippen molar-refractivity contribution in [1.29, 1.82) is 0 Å². The van der Waals surface area contributed by atoms with Crippen LogP contribution >= 0.6 is 0 Å². The zero-order chi connectivity index (χ0) is 8.97. The Morgan fingerprint density at radius 3 is 2.31 bits per heavy atom. The molecule has 0 radical (unpaired) electrons. The molecule has 0 amide bonds. The van der Waals surface area contributed by atoms with E-state index in [4.69, 9.17) is 0 Å². The Morgan fingerprint density at radius 2 is 1.92 bits per heavy atom. The topological polar surface area (TPSA) is 26.3 Å². The molecule has 1 aromatic carbocycles. The quantitative estimate of drug-likeness (QED) is 0.439. The number of rotatable bonds is 2. The van der Waals surface area contributed by atoms with E-state index >= 15 is 0 Å². The Balaban J connectivity index is 0.00000144. The van der Waals surface area contributed by atoms with Gasteiger partial charge in [-0.05, 0) is 12.1 Å². The number of methoxy groups -OCH3 is 1. The second-order valence-corrected chi connectivity index (χ2v) is 2.44. The number of carbonyl (C=O) groups is 1. The number of ether oxygens (including phenoxy) is 1. The van der Waals surface area contributed by atoms with Crippen molar-refractivity contribution in [2.45, 2.75) is 6.42 Å². The number of esters is 1. The molecule has 2 nitrogen and oxygen atoms in total. The number of hydrogen-bond acceptors (Lipinski definition) is 2. The summed E-state index contributed by atoms with van der Waals surface area (Å²) in [7, 11) is 1.37. The van der Waals surface area contributed by atoms with Crippen LogP contribution in [0.25, 0.3) is 0 Å². The molecule has 0 unspecified atom stereocenters. The minimum absolute atomic E-state index is 0. The van der Waals surface area contributed by atoms with Crippen LogP contribution in [0.1, 0.15) is 15.9 Å². The molecule has 0 fully saturated rings. The molecule has 0 saturated heterocycles. The summed E-state index contributed by atoms with van der Waals surface area (Å²) < 4.78 is 4.56. The molecule has 0 bridgehead atoms. The molecule has 0 N–H and O–H groups in total. The van der Waals surface area contributed by atoms with Crippen molar-refractivity contribution in [2.24, 2.45) is 0 Å². The number of benzene rings is 1. The Hall–Kier alpha value is -0.687. The van der Waals surface area contributed by atoms with E-state index in [1.807, 2.05) is 12.1 Å². The van der Waals surface area contributed by atoms with Crippen LogP contribution in [0.5, 0.6) is 0 Å². The standard InChI is InChI=1S/C10H11O2.Zn/c1-3-8-4-6-9(7-5-8)10(11)12-2;/h4-7H,1,3H2,2H3;/q-1;+2. The minimum atomic E-state index is -0.300. The van der Waals surface area contributed by atoms with E-state index in [1.54, 1.807) is 12.1 Å². The van der Waals surface area contributed by atoms with Crippen molar-refractivity contribution >= 4 is 5.97 Å². The van der Waals surface area contributed by atoms with Gasteiger partial charge >= 0.3 is 25.4 Å². The van der Waals surface area contributed by atoms with Gasteiger partial charge in [0.2, 0.25) is 0 Å². The van der Waals surface area contributed by atoms with Crippen LogP contribution < -0.4 is 0 Å². The fourth-order valence-electron chi connectivity index (χ4n) is 0.925. The van der Waals surface area contributed by atoms with Gasteiger partial charge in [0.1, 0.15) is 0 Å². The summed E-state index contributed by atoms with van der Waals surface area (Å²) in [4.78, 5) is 11.0. The molecule has 64 valence electrons. The zero-order valence-electron chi connectivity index (χ0n) is 7.75. The van der Waals surface area contributed by atoms with Gasteiger partial charge in [0.05, 0.1) is 12.7 Å². The Bertz CT molecular complexity index is 267. The normalized spacial score (nSPS) is 8.77. The van der Waals surface area contributed by atoms with Gasteiger partial charge in [-0.3, -0.25) is 0 Å². The average Bonchev–Trinajstić information content (AvgIpc) is 2.17. The Morgan fingerprint density at radius 1 is 1.38 bits per heavy atom. The first-order valence-corrected chi connectivity index (χ1v) is 3.74. The molecular weight excluding hydrogens is 217 g/mol. The first-order chi connectivity index (χ1) is 5.77. The van der Waals surface area contributed by atoms with Crippen molar-refractivity contribution < 1.29 is 29.0 Å². The Labute approximate surface area is 91.0 Å². The smallest absolute Gasteiger partial charge is 0.465 e. The molecule has 1 aromatic rings. The molecule has 0 aliphatic carbocycles. The molecular formula is C10H11O2Zn+. The number of carbonyl (C=O) groups excluding carboxylic acids is 1. The van der Waals surface area contributed by atoms with Crippen LogP contribution in [0.3, 0.4) is 0 Å². The Kier molecular flexibility index (Phi) is 5.56. The summed E-state index contributed by atoms with van der Waals surface area (Å²) in [6.07, 6.45) is 0.738. The van der Waals surface area contributed by atoms with Gasteiger partial charge in [0.15, 0.2) is 0 Å². The van der Waals surface area contributed by atoms with Gasteiger partial charge in [-0.15, -0.1) is 0 Å². The fourth-order valence-corrected chi connectivity index (χ4v) is 0.925. The van der Waals surface area contributed by atoms with Gasteiger partial charge in [-0.1, -0.05) is 17.7 Å². The average molecular weight is 229 g/mol. The summed E-state index contributed by atoms with van der Waals surface area (Å²) in [6, 6.07) is 7.23. The van der Waals surface area contributed by atoms with Crippen LogP contribution in [0.15, 0.2) is 24.3 Å². The number of hydrogen-bond donors (Lipinski definition) is 0. The van der Waals surface area contributed by atoms with Gasteiger partial charge in [-0.25, -0.2) is 4.79 Å². The fraction of sp³-hybridized carbons (Fsp3) is 0.200. The van der Waals surface area contributed by atoms with Crippen molar-refractivity contribution in [3.05, 3.63) is 42.3 Å². The van der Waals surface area contributed by atoms with Crippen molar-refractivity contribution in [3.8, 4) is 0 Å². The summed E-state index contributed by atoms with van der Waals surface area (Å²) in [5, 5.41) is 0. The largest absolute Gasteiger partial charge is 2.00 e. The molecule has 1 rings (SSSR count). The van der Waals surface area contributed by atoms with Gasteiger partial charge in [-0.2, -0.15) is 6.42 Å². The maximum Gasteiger partial charge on any atom is 2.00 e. The third-order valence-corrected chi connectivity index (χ3v) is 1.66. The summed E-state index contributed by atoms with van der Waals surface area (Å²) in [6.45, 7) is 3.73. The SMILES string of the molecule is [CH2-]Cc1ccc(C(=O)OC)cc1.[Zn+2]. The van der Waals surface area contributed by atoms with E-state index in [-0.39, 0.29) is 25.4 Å². The molecule has 0 atom stereocenters. The second kappa shape index (κ2) is 5.87. The molecule has 0 saturated carbocycles. The van der Waals surface area contributed by atoms with Crippen LogP contribution in [0.4, 0.5) is 0 Å². The van der Waals surface area contributed by atoms with Crippen molar-refractivity contribution in [2.75, 3.05) is 7.11 Å². The summed E-state index contributed by atoms with van der Waals surface area (Å²) >= 11 is 0. The van der Waals surface area contributed by atoms with Crippen molar-refractivity contribution in [3.63, 3.8) is 0 Å². The van der Waals surface area contributed by atoms with E-state index in [2.05, 4.69) is 11.7 Å². The van der Waals surface area contributed by atoms with Crippen LogP contribution in [0.2, 0.25) is 0 Å². The van der Waals surface area contributed by atoms with E-state index in [0.717, 1.165) is 12.0 Å². The van der Waals surface area contributed by atoms with Crippen molar-refractivity contribution in [1.82, 2.24) is 0 Å². The zero-order valence-corrected chi connectivity index (χ0v) is 10.7. The molecule has 0 aromatic heterocycles. The third-order valence-electron chi connectivity index (χ3n) is 1.66. The summed E-state index contributed by atoms with van der Waals surface area (Å²) in [5.41, 5.74) is 1.69. The van der Waals surface area contributed by atoms with Crippen LogP contribution in [0, 0.1) is 6.92 Å². The maximum atomic E-state index is 11.0. The van der Waals surface area contributed by atoms with E-state index in [9.17, 15) is 4.79 Å².